The molecule has 2 nitrogen and oxygen atoms in total. The van der Waals surface area contributed by atoms with Gasteiger partial charge in [-0.2, -0.15) is 11.8 Å². The first-order valence-electron chi connectivity index (χ1n) is 7.50. The molecule has 0 spiro atoms. The van der Waals surface area contributed by atoms with Crippen LogP contribution in [0, 0.1) is 11.6 Å². The summed E-state index contributed by atoms with van der Waals surface area (Å²) in [6.45, 7) is 7.52. The Morgan fingerprint density at radius 3 is 2.57 bits per heavy atom. The van der Waals surface area contributed by atoms with E-state index in [0.717, 1.165) is 32.1 Å². The zero-order valence-electron chi connectivity index (χ0n) is 12.9. The summed E-state index contributed by atoms with van der Waals surface area (Å²) in [5.74, 6) is -1.50. The molecular formula is C16H24F2N2S. The highest BCUT2D eigenvalue weighted by atomic mass is 32.2. The van der Waals surface area contributed by atoms with Gasteiger partial charge in [-0.3, -0.25) is 0 Å². The molecule has 0 aromatic heterocycles. The molecule has 21 heavy (non-hydrogen) atoms. The lowest BCUT2D eigenvalue weighted by Gasteiger charge is -2.35. The zero-order chi connectivity index (χ0) is 15.4. The van der Waals surface area contributed by atoms with Crippen LogP contribution in [0.2, 0.25) is 0 Å². The maximum atomic E-state index is 13.9. The summed E-state index contributed by atoms with van der Waals surface area (Å²) >= 11 is 2.02. The molecule has 118 valence electrons. The molecule has 1 aliphatic rings. The predicted molar refractivity (Wildman–Crippen MR) is 85.7 cm³/mol. The van der Waals surface area contributed by atoms with Crippen LogP contribution >= 0.6 is 11.8 Å². The number of rotatable bonds is 5. The van der Waals surface area contributed by atoms with Crippen molar-refractivity contribution in [1.82, 2.24) is 10.2 Å². The van der Waals surface area contributed by atoms with Crippen molar-refractivity contribution in [2.24, 2.45) is 0 Å². The van der Waals surface area contributed by atoms with Crippen LogP contribution in [0.1, 0.15) is 31.9 Å². The van der Waals surface area contributed by atoms with Crippen molar-refractivity contribution in [3.8, 4) is 0 Å². The standard InChI is InChI=1S/C16H24F2N2S/c1-11-9-20(10-12(2)21-11)8-7-15(19-3)13-5-4-6-14(17)16(13)18/h4-6,11-12,15,19H,7-10H2,1-3H3. The van der Waals surface area contributed by atoms with Gasteiger partial charge in [0.25, 0.3) is 0 Å². The predicted octanol–water partition coefficient (Wildman–Crippen LogP) is 3.44. The van der Waals surface area contributed by atoms with Crippen LogP contribution in [-0.2, 0) is 0 Å². The lowest BCUT2D eigenvalue weighted by Crippen LogP contribution is -2.41. The van der Waals surface area contributed by atoms with Gasteiger partial charge in [-0.05, 0) is 19.5 Å². The zero-order valence-corrected chi connectivity index (χ0v) is 13.7. The van der Waals surface area contributed by atoms with Crippen molar-refractivity contribution in [2.75, 3.05) is 26.7 Å². The molecule has 3 atom stereocenters. The number of halogens is 2. The molecule has 1 saturated heterocycles. The monoisotopic (exact) mass is 314 g/mol. The van der Waals surface area contributed by atoms with Gasteiger partial charge in [0.2, 0.25) is 0 Å². The van der Waals surface area contributed by atoms with Crippen molar-refractivity contribution < 1.29 is 8.78 Å². The molecule has 1 heterocycles. The molecule has 0 bridgehead atoms. The van der Waals surface area contributed by atoms with E-state index in [0.29, 0.717) is 16.1 Å². The highest BCUT2D eigenvalue weighted by Crippen LogP contribution is 2.26. The fraction of sp³-hybridized carbons (Fsp3) is 0.625. The van der Waals surface area contributed by atoms with Crippen LogP contribution in [0.3, 0.4) is 0 Å². The molecule has 1 aromatic rings. The van der Waals surface area contributed by atoms with Crippen molar-refractivity contribution in [3.05, 3.63) is 35.4 Å². The van der Waals surface area contributed by atoms with Crippen LogP contribution in [0.25, 0.3) is 0 Å². The Labute approximate surface area is 130 Å². The Balaban J connectivity index is 1.98. The molecule has 1 fully saturated rings. The summed E-state index contributed by atoms with van der Waals surface area (Å²) in [5, 5.41) is 4.37. The Hall–Kier alpha value is -0.650. The highest BCUT2D eigenvalue weighted by Gasteiger charge is 2.23. The van der Waals surface area contributed by atoms with Gasteiger partial charge in [-0.1, -0.05) is 26.0 Å². The van der Waals surface area contributed by atoms with E-state index in [1.54, 1.807) is 19.2 Å². The fourth-order valence-corrected chi connectivity index (χ4v) is 4.41. The third-order valence-electron chi connectivity index (χ3n) is 3.93. The van der Waals surface area contributed by atoms with Gasteiger partial charge in [0.1, 0.15) is 0 Å². The van der Waals surface area contributed by atoms with Gasteiger partial charge in [-0.25, -0.2) is 8.78 Å². The van der Waals surface area contributed by atoms with E-state index >= 15 is 0 Å². The van der Waals surface area contributed by atoms with E-state index in [4.69, 9.17) is 0 Å². The maximum absolute atomic E-state index is 13.9. The van der Waals surface area contributed by atoms with Crippen LogP contribution in [0.15, 0.2) is 18.2 Å². The maximum Gasteiger partial charge on any atom is 0.163 e. The summed E-state index contributed by atoms with van der Waals surface area (Å²) in [6, 6.07) is 4.24. The quantitative estimate of drug-likeness (QED) is 0.896. The first kappa shape index (κ1) is 16.7. The number of benzene rings is 1. The minimum absolute atomic E-state index is 0.152. The molecule has 1 N–H and O–H groups in total. The molecule has 2 rings (SSSR count). The molecule has 1 aliphatic heterocycles. The number of thioether (sulfide) groups is 1. The number of nitrogens with zero attached hydrogens (tertiary/aromatic N) is 1. The van der Waals surface area contributed by atoms with Gasteiger partial charge in [0, 0.05) is 41.7 Å². The summed E-state index contributed by atoms with van der Waals surface area (Å²) in [4.78, 5) is 2.42. The Morgan fingerprint density at radius 1 is 1.29 bits per heavy atom. The van der Waals surface area contributed by atoms with Crippen LogP contribution in [0.4, 0.5) is 8.78 Å². The van der Waals surface area contributed by atoms with E-state index < -0.39 is 11.6 Å². The topological polar surface area (TPSA) is 15.3 Å². The van der Waals surface area contributed by atoms with Gasteiger partial charge in [-0.15, -0.1) is 0 Å². The van der Waals surface area contributed by atoms with Crippen molar-refractivity contribution >= 4 is 11.8 Å². The minimum Gasteiger partial charge on any atom is -0.313 e. The average molecular weight is 314 g/mol. The Bertz CT molecular complexity index is 460. The van der Waals surface area contributed by atoms with E-state index in [-0.39, 0.29) is 6.04 Å². The molecule has 0 radical (unpaired) electrons. The largest absolute Gasteiger partial charge is 0.313 e. The minimum atomic E-state index is -0.774. The Morgan fingerprint density at radius 2 is 1.95 bits per heavy atom. The molecular weight excluding hydrogens is 290 g/mol. The second kappa shape index (κ2) is 7.56. The van der Waals surface area contributed by atoms with Crippen LogP contribution in [0.5, 0.6) is 0 Å². The summed E-state index contributed by atoms with van der Waals surface area (Å²) in [5.41, 5.74) is 0.421. The number of nitrogens with one attached hydrogen (secondary N) is 1. The van der Waals surface area contributed by atoms with Gasteiger partial charge >= 0.3 is 0 Å². The van der Waals surface area contributed by atoms with E-state index in [2.05, 4.69) is 24.1 Å². The SMILES string of the molecule is CNC(CCN1CC(C)SC(C)C1)c1cccc(F)c1F. The molecule has 3 unspecified atom stereocenters. The normalized spacial score (nSPS) is 25.0. The highest BCUT2D eigenvalue weighted by molar-refractivity contribution is 8.00. The van der Waals surface area contributed by atoms with Gasteiger partial charge in [0.05, 0.1) is 0 Å². The fourth-order valence-electron chi connectivity index (χ4n) is 3.02. The first-order chi connectivity index (χ1) is 10.0. The van der Waals surface area contributed by atoms with Gasteiger partial charge < -0.3 is 10.2 Å². The number of hydrogen-bond donors (Lipinski definition) is 1. The lowest BCUT2D eigenvalue weighted by atomic mass is 10.0. The lowest BCUT2D eigenvalue weighted by molar-refractivity contribution is 0.255. The molecule has 0 amide bonds. The molecule has 0 saturated carbocycles. The summed E-state index contributed by atoms with van der Waals surface area (Å²) in [7, 11) is 1.80. The molecule has 0 aliphatic carbocycles. The Kier molecular flexibility index (Phi) is 6.02. The van der Waals surface area contributed by atoms with Crippen molar-refractivity contribution in [3.63, 3.8) is 0 Å². The summed E-state index contributed by atoms with van der Waals surface area (Å²) < 4.78 is 27.3. The smallest absolute Gasteiger partial charge is 0.163 e. The summed E-state index contributed by atoms with van der Waals surface area (Å²) in [6.07, 6.45) is 0.779. The third kappa shape index (κ3) is 4.41. The van der Waals surface area contributed by atoms with Crippen molar-refractivity contribution in [1.29, 1.82) is 0 Å². The molecule has 1 aromatic carbocycles. The van der Waals surface area contributed by atoms with E-state index in [1.165, 1.54) is 0 Å². The second-order valence-electron chi connectivity index (χ2n) is 5.79. The molecule has 5 heteroatoms. The first-order valence-corrected chi connectivity index (χ1v) is 8.44. The second-order valence-corrected chi connectivity index (χ2v) is 7.67. The number of hydrogen-bond acceptors (Lipinski definition) is 3. The van der Waals surface area contributed by atoms with Gasteiger partial charge in [0.15, 0.2) is 11.6 Å². The van der Waals surface area contributed by atoms with Crippen LogP contribution < -0.4 is 5.32 Å². The third-order valence-corrected chi connectivity index (χ3v) is 5.16. The van der Waals surface area contributed by atoms with Crippen molar-refractivity contribution in [2.45, 2.75) is 36.8 Å². The van der Waals surface area contributed by atoms with E-state index in [9.17, 15) is 8.78 Å². The van der Waals surface area contributed by atoms with E-state index in [1.807, 2.05) is 11.8 Å². The van der Waals surface area contributed by atoms with Crippen LogP contribution in [-0.4, -0.2) is 42.1 Å². The average Bonchev–Trinajstić information content (AvgIpc) is 2.43.